The van der Waals surface area contributed by atoms with E-state index in [1.54, 1.807) is 11.8 Å². The fraction of sp³-hybridized carbons (Fsp3) is 0.556. The molecule has 1 aromatic rings. The number of aryl methyl sites for hydroxylation is 2. The number of hydrogen-bond donors (Lipinski definition) is 1. The molecule has 1 rings (SSSR count). The van der Waals surface area contributed by atoms with Crippen molar-refractivity contribution >= 4 is 17.5 Å². The van der Waals surface area contributed by atoms with Gasteiger partial charge >= 0.3 is 0 Å². The molecule has 0 unspecified atom stereocenters. The predicted octanol–water partition coefficient (Wildman–Crippen LogP) is 3.22. The average molecular weight is 304 g/mol. The van der Waals surface area contributed by atoms with Crippen LogP contribution < -0.4 is 10.2 Å². The third-order valence-corrected chi connectivity index (χ3v) is 3.43. The molecule has 0 aliphatic carbocycles. The van der Waals surface area contributed by atoms with E-state index in [0.717, 1.165) is 23.2 Å². The summed E-state index contributed by atoms with van der Waals surface area (Å²) in [6, 6.07) is 6.04. The number of amides is 2. The summed E-state index contributed by atoms with van der Waals surface area (Å²) < 4.78 is 0. The molecule has 0 fully saturated rings. The van der Waals surface area contributed by atoms with Gasteiger partial charge in [-0.3, -0.25) is 9.59 Å². The van der Waals surface area contributed by atoms with E-state index in [1.807, 2.05) is 45.9 Å². The molecule has 1 N–H and O–H groups in total. The first-order chi connectivity index (χ1) is 10.2. The largest absolute Gasteiger partial charge is 0.351 e. The first-order valence-electron chi connectivity index (χ1n) is 7.83. The lowest BCUT2D eigenvalue weighted by Crippen LogP contribution is -2.42. The Hall–Kier alpha value is -1.84. The van der Waals surface area contributed by atoms with E-state index < -0.39 is 0 Å². The van der Waals surface area contributed by atoms with E-state index in [2.05, 4.69) is 12.2 Å². The fourth-order valence-corrected chi connectivity index (χ4v) is 2.51. The number of nitrogens with one attached hydrogen (secondary N) is 1. The molecular formula is C18H28N2O2. The second kappa shape index (κ2) is 7.43. The van der Waals surface area contributed by atoms with E-state index in [1.165, 1.54) is 0 Å². The topological polar surface area (TPSA) is 49.4 Å². The zero-order chi connectivity index (χ0) is 16.9. The van der Waals surface area contributed by atoms with Crippen molar-refractivity contribution in [3.63, 3.8) is 0 Å². The first kappa shape index (κ1) is 18.2. The predicted molar refractivity (Wildman–Crippen MR) is 91.1 cm³/mol. The van der Waals surface area contributed by atoms with E-state index in [-0.39, 0.29) is 17.4 Å². The van der Waals surface area contributed by atoms with Gasteiger partial charge in [0.15, 0.2) is 0 Å². The molecule has 0 heterocycles. The van der Waals surface area contributed by atoms with Crippen LogP contribution in [0.25, 0.3) is 0 Å². The normalized spacial score (nSPS) is 11.2. The zero-order valence-electron chi connectivity index (χ0n) is 14.6. The lowest BCUT2D eigenvalue weighted by molar-refractivity contribution is -0.122. The van der Waals surface area contributed by atoms with Crippen LogP contribution in [0, 0.1) is 6.92 Å². The Morgan fingerprint density at radius 1 is 1.23 bits per heavy atom. The number of anilines is 1. The second-order valence-electron chi connectivity index (χ2n) is 6.66. The van der Waals surface area contributed by atoms with E-state index in [9.17, 15) is 9.59 Å². The number of nitrogens with zero attached hydrogens (tertiary/aromatic N) is 1. The highest BCUT2D eigenvalue weighted by atomic mass is 16.2. The molecule has 122 valence electrons. The molecule has 22 heavy (non-hydrogen) atoms. The highest BCUT2D eigenvalue weighted by Gasteiger charge is 2.19. The molecule has 0 saturated carbocycles. The second-order valence-corrected chi connectivity index (χ2v) is 6.66. The summed E-state index contributed by atoms with van der Waals surface area (Å²) in [5.41, 5.74) is 2.88. The average Bonchev–Trinajstić information content (AvgIpc) is 2.38. The van der Waals surface area contributed by atoms with Crippen LogP contribution in [0.3, 0.4) is 0 Å². The number of carbonyl (C=O) groups excluding carboxylic acids is 2. The minimum atomic E-state index is -0.255. The molecule has 0 saturated heterocycles. The summed E-state index contributed by atoms with van der Waals surface area (Å²) in [5.74, 6) is -0.0714. The van der Waals surface area contributed by atoms with Crippen LogP contribution in [0.4, 0.5) is 5.69 Å². The monoisotopic (exact) mass is 304 g/mol. The highest BCUT2D eigenvalue weighted by Crippen LogP contribution is 2.26. The van der Waals surface area contributed by atoms with Gasteiger partial charge in [0.05, 0.1) is 0 Å². The van der Waals surface area contributed by atoms with Gasteiger partial charge in [-0.05, 0) is 45.2 Å². The minimum absolute atomic E-state index is 0.0347. The van der Waals surface area contributed by atoms with Crippen LogP contribution in [0.5, 0.6) is 0 Å². The number of benzene rings is 1. The number of hydrogen-bond acceptors (Lipinski definition) is 2. The van der Waals surface area contributed by atoms with Crippen molar-refractivity contribution in [3.05, 3.63) is 29.3 Å². The Labute approximate surface area is 133 Å². The molecular weight excluding hydrogens is 276 g/mol. The summed E-state index contributed by atoms with van der Waals surface area (Å²) in [5, 5.41) is 2.93. The zero-order valence-corrected chi connectivity index (χ0v) is 14.6. The summed E-state index contributed by atoms with van der Waals surface area (Å²) in [7, 11) is 0. The van der Waals surface area contributed by atoms with Gasteiger partial charge in [0, 0.05) is 31.1 Å². The molecule has 0 bridgehead atoms. The summed E-state index contributed by atoms with van der Waals surface area (Å²) in [4.78, 5) is 25.8. The fourth-order valence-electron chi connectivity index (χ4n) is 2.51. The lowest BCUT2D eigenvalue weighted by Gasteiger charge is -2.27. The maximum absolute atomic E-state index is 12.1. The molecule has 0 radical (unpaired) electrons. The van der Waals surface area contributed by atoms with Crippen LogP contribution >= 0.6 is 0 Å². The van der Waals surface area contributed by atoms with Crippen LogP contribution in [-0.4, -0.2) is 23.9 Å². The van der Waals surface area contributed by atoms with Crippen molar-refractivity contribution in [2.24, 2.45) is 0 Å². The van der Waals surface area contributed by atoms with Gasteiger partial charge in [-0.25, -0.2) is 0 Å². The van der Waals surface area contributed by atoms with Crippen molar-refractivity contribution < 1.29 is 9.59 Å². The Morgan fingerprint density at radius 3 is 2.36 bits per heavy atom. The number of carbonyl (C=O) groups is 2. The van der Waals surface area contributed by atoms with Gasteiger partial charge in [0.25, 0.3) is 0 Å². The molecule has 0 spiro atoms. The quantitative estimate of drug-likeness (QED) is 0.908. The maximum atomic E-state index is 12.1. The van der Waals surface area contributed by atoms with E-state index in [0.29, 0.717) is 13.0 Å². The molecule has 0 aromatic heterocycles. The Kier molecular flexibility index (Phi) is 6.15. The summed E-state index contributed by atoms with van der Waals surface area (Å²) in [6.45, 7) is 11.9. The Bertz CT molecular complexity index is 545. The summed E-state index contributed by atoms with van der Waals surface area (Å²) in [6.07, 6.45) is 1.16. The highest BCUT2D eigenvalue weighted by molar-refractivity contribution is 5.94. The van der Waals surface area contributed by atoms with E-state index >= 15 is 0 Å². The third kappa shape index (κ3) is 5.17. The van der Waals surface area contributed by atoms with Gasteiger partial charge < -0.3 is 10.2 Å². The molecule has 4 heteroatoms. The van der Waals surface area contributed by atoms with Crippen molar-refractivity contribution in [2.45, 2.75) is 59.9 Å². The molecule has 0 atom stereocenters. The third-order valence-electron chi connectivity index (χ3n) is 3.43. The van der Waals surface area contributed by atoms with Crippen LogP contribution in [0.2, 0.25) is 0 Å². The van der Waals surface area contributed by atoms with Crippen molar-refractivity contribution in [1.82, 2.24) is 5.32 Å². The lowest BCUT2D eigenvalue weighted by atomic mass is 10.0. The number of para-hydroxylation sites is 1. The van der Waals surface area contributed by atoms with E-state index in [4.69, 9.17) is 0 Å². The first-order valence-corrected chi connectivity index (χ1v) is 7.83. The smallest absolute Gasteiger partial charge is 0.223 e. The van der Waals surface area contributed by atoms with Gasteiger partial charge in [-0.15, -0.1) is 0 Å². The van der Waals surface area contributed by atoms with Gasteiger partial charge in [0.2, 0.25) is 11.8 Å². The Morgan fingerprint density at radius 2 is 1.86 bits per heavy atom. The van der Waals surface area contributed by atoms with Gasteiger partial charge in [-0.2, -0.15) is 0 Å². The minimum Gasteiger partial charge on any atom is -0.351 e. The van der Waals surface area contributed by atoms with Crippen molar-refractivity contribution in [2.75, 3.05) is 11.4 Å². The van der Waals surface area contributed by atoms with Crippen LogP contribution in [-0.2, 0) is 16.0 Å². The van der Waals surface area contributed by atoms with Gasteiger partial charge in [0.1, 0.15) is 0 Å². The molecule has 0 aliphatic heterocycles. The van der Waals surface area contributed by atoms with Crippen LogP contribution in [0.1, 0.15) is 52.2 Å². The molecule has 2 amide bonds. The van der Waals surface area contributed by atoms with Crippen LogP contribution in [0.15, 0.2) is 18.2 Å². The van der Waals surface area contributed by atoms with Crippen molar-refractivity contribution in [3.8, 4) is 0 Å². The number of rotatable bonds is 5. The molecule has 4 nitrogen and oxygen atoms in total. The molecule has 0 aliphatic rings. The maximum Gasteiger partial charge on any atom is 0.223 e. The SMILES string of the molecule is CCc1cccc(C)c1N(CCC(=O)NC(C)(C)C)C(C)=O. The standard InChI is InChI=1S/C18H28N2O2/c1-7-15-10-8-9-13(2)17(15)20(14(3)21)12-11-16(22)19-18(4,5)6/h8-10H,7,11-12H2,1-6H3,(H,19,22). The Balaban J connectivity index is 2.93. The van der Waals surface area contributed by atoms with Crippen molar-refractivity contribution in [1.29, 1.82) is 0 Å². The van der Waals surface area contributed by atoms with Gasteiger partial charge in [-0.1, -0.05) is 25.1 Å². The summed E-state index contributed by atoms with van der Waals surface area (Å²) >= 11 is 0. The molecule has 1 aromatic carbocycles.